The van der Waals surface area contributed by atoms with Gasteiger partial charge in [-0.05, 0) is 50.2 Å². The molecular formula is C18H23F5O. The molecule has 0 bridgehead atoms. The van der Waals surface area contributed by atoms with Crippen LogP contribution in [0, 0.1) is 24.6 Å². The van der Waals surface area contributed by atoms with E-state index in [2.05, 4.69) is 11.7 Å². The molecule has 1 aliphatic carbocycles. The minimum absolute atomic E-state index is 0.0123. The Morgan fingerprint density at radius 1 is 1.17 bits per heavy atom. The van der Waals surface area contributed by atoms with Gasteiger partial charge in [0.2, 0.25) is 0 Å². The topological polar surface area (TPSA) is 9.23 Å². The third kappa shape index (κ3) is 4.19. The van der Waals surface area contributed by atoms with Gasteiger partial charge < -0.3 is 4.74 Å². The molecular weight excluding hydrogens is 327 g/mol. The van der Waals surface area contributed by atoms with Gasteiger partial charge >= 0.3 is 6.11 Å². The predicted molar refractivity (Wildman–Crippen MR) is 82.0 cm³/mol. The molecule has 0 N–H and O–H groups in total. The van der Waals surface area contributed by atoms with E-state index in [1.807, 2.05) is 0 Å². The summed E-state index contributed by atoms with van der Waals surface area (Å²) in [5, 5.41) is 0. The molecule has 2 rings (SSSR count). The summed E-state index contributed by atoms with van der Waals surface area (Å²) in [6, 6.07) is 2.17. The molecule has 136 valence electrons. The lowest BCUT2D eigenvalue weighted by Gasteiger charge is -2.33. The van der Waals surface area contributed by atoms with Gasteiger partial charge in [0.05, 0.1) is 11.5 Å². The Kier molecular flexibility index (Phi) is 6.10. The second kappa shape index (κ2) is 7.70. The first-order valence-electron chi connectivity index (χ1n) is 8.40. The maximum atomic E-state index is 14.3. The van der Waals surface area contributed by atoms with Gasteiger partial charge in [-0.2, -0.15) is 8.78 Å². The van der Waals surface area contributed by atoms with E-state index in [-0.39, 0.29) is 5.56 Å². The highest BCUT2D eigenvalue weighted by atomic mass is 19.3. The van der Waals surface area contributed by atoms with E-state index < -0.39 is 35.6 Å². The van der Waals surface area contributed by atoms with Crippen molar-refractivity contribution in [3.63, 3.8) is 0 Å². The first kappa shape index (κ1) is 19.0. The summed E-state index contributed by atoms with van der Waals surface area (Å²) >= 11 is 0. The molecule has 1 nitrogen and oxygen atoms in total. The SMILES string of the molecule is CCCC1CCC(C(F)(F)Oc2ccc(C)c(C(F)F)c2F)CC1. The zero-order chi connectivity index (χ0) is 17.9. The van der Waals surface area contributed by atoms with Crippen LogP contribution in [-0.2, 0) is 0 Å². The molecule has 0 aromatic heterocycles. The zero-order valence-corrected chi connectivity index (χ0v) is 13.9. The molecule has 1 aromatic rings. The zero-order valence-electron chi connectivity index (χ0n) is 13.9. The third-order valence-corrected chi connectivity index (χ3v) is 4.85. The molecule has 0 radical (unpaired) electrons. The monoisotopic (exact) mass is 350 g/mol. The maximum absolute atomic E-state index is 14.3. The van der Waals surface area contributed by atoms with E-state index in [4.69, 9.17) is 0 Å². The van der Waals surface area contributed by atoms with Crippen LogP contribution in [-0.4, -0.2) is 6.11 Å². The van der Waals surface area contributed by atoms with Crippen LogP contribution in [0.25, 0.3) is 0 Å². The molecule has 1 aliphatic rings. The number of ether oxygens (including phenoxy) is 1. The first-order valence-corrected chi connectivity index (χ1v) is 8.40. The summed E-state index contributed by atoms with van der Waals surface area (Å²) < 4.78 is 73.1. The highest BCUT2D eigenvalue weighted by Gasteiger charge is 2.44. The van der Waals surface area contributed by atoms with Gasteiger partial charge in [0.25, 0.3) is 6.43 Å². The van der Waals surface area contributed by atoms with Crippen LogP contribution in [0.3, 0.4) is 0 Å². The van der Waals surface area contributed by atoms with E-state index in [1.54, 1.807) is 0 Å². The number of aryl methyl sites for hydroxylation is 1. The summed E-state index contributed by atoms with van der Waals surface area (Å²) in [6.45, 7) is 3.37. The van der Waals surface area contributed by atoms with E-state index >= 15 is 0 Å². The van der Waals surface area contributed by atoms with Crippen molar-refractivity contribution < 1.29 is 26.7 Å². The molecule has 0 unspecified atom stereocenters. The van der Waals surface area contributed by atoms with Crippen LogP contribution in [0.5, 0.6) is 5.75 Å². The second-order valence-electron chi connectivity index (χ2n) is 6.58. The van der Waals surface area contributed by atoms with Crippen molar-refractivity contribution in [2.75, 3.05) is 0 Å². The van der Waals surface area contributed by atoms with Crippen molar-refractivity contribution in [2.45, 2.75) is 64.9 Å². The van der Waals surface area contributed by atoms with Gasteiger partial charge in [0.1, 0.15) is 0 Å². The molecule has 24 heavy (non-hydrogen) atoms. The van der Waals surface area contributed by atoms with Crippen molar-refractivity contribution >= 4 is 0 Å². The highest BCUT2D eigenvalue weighted by Crippen LogP contribution is 2.42. The third-order valence-electron chi connectivity index (χ3n) is 4.85. The number of rotatable bonds is 6. The van der Waals surface area contributed by atoms with E-state index in [1.165, 1.54) is 13.0 Å². The highest BCUT2D eigenvalue weighted by molar-refractivity contribution is 5.38. The Hall–Kier alpha value is -1.33. The molecule has 0 saturated heterocycles. The van der Waals surface area contributed by atoms with Crippen molar-refractivity contribution in [1.82, 2.24) is 0 Å². The van der Waals surface area contributed by atoms with Crippen molar-refractivity contribution in [1.29, 1.82) is 0 Å². The number of alkyl halides is 4. The summed E-state index contributed by atoms with van der Waals surface area (Å²) in [4.78, 5) is 0. The molecule has 1 aromatic carbocycles. The lowest BCUT2D eigenvalue weighted by molar-refractivity contribution is -0.224. The lowest BCUT2D eigenvalue weighted by Crippen LogP contribution is -2.37. The van der Waals surface area contributed by atoms with Gasteiger partial charge in [0, 0.05) is 0 Å². The molecule has 0 spiro atoms. The maximum Gasteiger partial charge on any atom is 0.400 e. The minimum Gasteiger partial charge on any atom is -0.429 e. The van der Waals surface area contributed by atoms with E-state index in [0.717, 1.165) is 18.9 Å². The Bertz CT molecular complexity index is 551. The number of benzene rings is 1. The lowest BCUT2D eigenvalue weighted by atomic mass is 9.79. The summed E-state index contributed by atoms with van der Waals surface area (Å²) in [5.41, 5.74) is -0.867. The van der Waals surface area contributed by atoms with Crippen LogP contribution in [0.2, 0.25) is 0 Å². The fourth-order valence-electron chi connectivity index (χ4n) is 3.44. The fourth-order valence-corrected chi connectivity index (χ4v) is 3.44. The predicted octanol–water partition coefficient (Wildman–Crippen LogP) is 6.65. The van der Waals surface area contributed by atoms with Crippen molar-refractivity contribution in [3.8, 4) is 5.75 Å². The largest absolute Gasteiger partial charge is 0.429 e. The Morgan fingerprint density at radius 2 is 1.79 bits per heavy atom. The van der Waals surface area contributed by atoms with Gasteiger partial charge in [0.15, 0.2) is 11.6 Å². The van der Waals surface area contributed by atoms with Crippen LogP contribution in [0.1, 0.15) is 63.0 Å². The normalized spacial score (nSPS) is 22.0. The van der Waals surface area contributed by atoms with Gasteiger partial charge in [-0.1, -0.05) is 25.8 Å². The smallest absolute Gasteiger partial charge is 0.400 e. The number of halogens is 5. The van der Waals surface area contributed by atoms with Gasteiger partial charge in [-0.15, -0.1) is 0 Å². The molecule has 6 heteroatoms. The van der Waals surface area contributed by atoms with Crippen LogP contribution >= 0.6 is 0 Å². The minimum atomic E-state index is -3.56. The Morgan fingerprint density at radius 3 is 2.33 bits per heavy atom. The fraction of sp³-hybridized carbons (Fsp3) is 0.667. The van der Waals surface area contributed by atoms with Crippen LogP contribution in [0.15, 0.2) is 12.1 Å². The Labute approximate surface area is 139 Å². The summed E-state index contributed by atoms with van der Waals surface area (Å²) in [5.74, 6) is -2.77. The molecule has 0 atom stereocenters. The standard InChI is InChI=1S/C18H23F5O/c1-3-4-12-6-8-13(9-7-12)18(22,23)24-14-10-5-11(2)15(16(14)19)17(20)21/h5,10,12-13,17H,3-4,6-9H2,1-2H3. The van der Waals surface area contributed by atoms with Crippen molar-refractivity contribution in [3.05, 3.63) is 29.1 Å². The first-order chi connectivity index (χ1) is 11.3. The second-order valence-corrected chi connectivity index (χ2v) is 6.58. The molecule has 0 amide bonds. The quantitative estimate of drug-likeness (QED) is 0.522. The number of hydrogen-bond donors (Lipinski definition) is 0. The Balaban J connectivity index is 2.11. The van der Waals surface area contributed by atoms with Gasteiger partial charge in [-0.3, -0.25) is 0 Å². The average molecular weight is 350 g/mol. The van der Waals surface area contributed by atoms with E-state index in [9.17, 15) is 22.0 Å². The average Bonchev–Trinajstić information content (AvgIpc) is 2.51. The molecule has 0 aliphatic heterocycles. The van der Waals surface area contributed by atoms with Crippen LogP contribution < -0.4 is 4.74 Å². The van der Waals surface area contributed by atoms with E-state index in [0.29, 0.717) is 31.6 Å². The number of hydrogen-bond acceptors (Lipinski definition) is 1. The molecule has 0 heterocycles. The molecule has 1 saturated carbocycles. The van der Waals surface area contributed by atoms with Crippen molar-refractivity contribution in [2.24, 2.45) is 11.8 Å². The van der Waals surface area contributed by atoms with Crippen LogP contribution in [0.4, 0.5) is 22.0 Å². The van der Waals surface area contributed by atoms with Gasteiger partial charge in [-0.25, -0.2) is 13.2 Å². The molecule has 1 fully saturated rings. The summed E-state index contributed by atoms with van der Waals surface area (Å²) in [7, 11) is 0. The summed E-state index contributed by atoms with van der Waals surface area (Å²) in [6.07, 6.45) is -2.62.